The second-order valence-electron chi connectivity index (χ2n) is 4.28. The molecule has 9 heteroatoms. The number of aromatic nitrogens is 1. The molecule has 3 N–H and O–H groups in total. The van der Waals surface area contributed by atoms with Crippen molar-refractivity contribution in [3.8, 4) is 11.1 Å². The van der Waals surface area contributed by atoms with Gasteiger partial charge in [0.05, 0.1) is 31.5 Å². The third-order valence-electron chi connectivity index (χ3n) is 2.84. The number of hydrogen-bond donors (Lipinski definition) is 2. The van der Waals surface area contributed by atoms with Gasteiger partial charge in [-0.15, -0.1) is 0 Å². The number of rotatable bonds is 3. The number of carboxylic acid groups (broad SMARTS) is 1. The Morgan fingerprint density at radius 2 is 1.55 bits per heavy atom. The Bertz CT molecular complexity index is 751. The molecule has 116 valence electrons. The number of pyridine rings is 1. The normalized spacial score (nSPS) is 10.8. The molecular weight excluding hydrogens is 393 g/mol. The summed E-state index contributed by atoms with van der Waals surface area (Å²) in [7, 11) is 0. The van der Waals surface area contributed by atoms with E-state index in [9.17, 15) is 4.79 Å². The van der Waals surface area contributed by atoms with Gasteiger partial charge in [-0.25, -0.2) is 4.98 Å². The Hall–Kier alpha value is -0.910. The first-order valence-electron chi connectivity index (χ1n) is 5.72. The zero-order chi connectivity index (χ0) is 16.6. The third-order valence-corrected chi connectivity index (χ3v) is 5.12. The molecule has 0 spiro atoms. The summed E-state index contributed by atoms with van der Waals surface area (Å²) in [6.07, 6.45) is 1.10. The van der Waals surface area contributed by atoms with Crippen molar-refractivity contribution in [3.05, 3.63) is 42.9 Å². The first kappa shape index (κ1) is 17.4. The van der Waals surface area contributed by atoms with Crippen molar-refractivity contribution in [3.63, 3.8) is 0 Å². The number of nitrogens with zero attached hydrogens (tertiary/aromatic N) is 1. The second kappa shape index (κ2) is 6.69. The van der Waals surface area contributed by atoms with Crippen molar-refractivity contribution in [2.24, 2.45) is 0 Å². The van der Waals surface area contributed by atoms with Crippen molar-refractivity contribution in [1.29, 1.82) is 0 Å². The van der Waals surface area contributed by atoms with E-state index < -0.39 is 5.97 Å². The molecule has 0 atom stereocenters. The van der Waals surface area contributed by atoms with E-state index in [1.807, 2.05) is 0 Å². The van der Waals surface area contributed by atoms with E-state index >= 15 is 0 Å². The first-order chi connectivity index (χ1) is 10.2. The van der Waals surface area contributed by atoms with Crippen molar-refractivity contribution in [2.45, 2.75) is 6.42 Å². The average Bonchev–Trinajstić information content (AvgIpc) is 2.46. The van der Waals surface area contributed by atoms with Crippen LogP contribution in [0.25, 0.3) is 11.1 Å². The Balaban J connectivity index is 2.70. The van der Waals surface area contributed by atoms with Gasteiger partial charge in [-0.1, -0.05) is 58.0 Å². The fraction of sp³-hybridized carbons (Fsp3) is 0.0769. The summed E-state index contributed by atoms with van der Waals surface area (Å²) >= 11 is 30.3. The van der Waals surface area contributed by atoms with Crippen LogP contribution in [0.5, 0.6) is 0 Å². The van der Waals surface area contributed by atoms with Gasteiger partial charge in [0.25, 0.3) is 0 Å². The van der Waals surface area contributed by atoms with Crippen molar-refractivity contribution in [1.82, 2.24) is 4.98 Å². The van der Waals surface area contributed by atoms with E-state index in [0.29, 0.717) is 16.7 Å². The van der Waals surface area contributed by atoms with Gasteiger partial charge in [-0.05, 0) is 6.07 Å². The van der Waals surface area contributed by atoms with Gasteiger partial charge in [0, 0.05) is 22.9 Å². The molecule has 0 aliphatic carbocycles. The SMILES string of the molecule is Nc1ncc(-c2c(Cl)c(Cl)c(Cl)c(Cl)c2Cl)cc1CC(=O)O. The molecule has 0 fully saturated rings. The summed E-state index contributed by atoms with van der Waals surface area (Å²) in [6.45, 7) is 0. The molecule has 0 bridgehead atoms. The maximum atomic E-state index is 10.9. The minimum atomic E-state index is -1.05. The van der Waals surface area contributed by atoms with E-state index in [1.54, 1.807) is 0 Å². The lowest BCUT2D eigenvalue weighted by Crippen LogP contribution is -2.05. The van der Waals surface area contributed by atoms with Crippen LogP contribution in [0.1, 0.15) is 5.56 Å². The number of halogens is 5. The summed E-state index contributed by atoms with van der Waals surface area (Å²) in [5.41, 5.74) is 6.72. The van der Waals surface area contributed by atoms with Gasteiger partial charge < -0.3 is 10.8 Å². The van der Waals surface area contributed by atoms with Crippen LogP contribution in [0.4, 0.5) is 5.82 Å². The topological polar surface area (TPSA) is 76.2 Å². The number of aliphatic carboxylic acids is 1. The Labute approximate surface area is 150 Å². The first-order valence-corrected chi connectivity index (χ1v) is 7.61. The summed E-state index contributed by atoms with van der Waals surface area (Å²) in [5, 5.41) is 9.20. The summed E-state index contributed by atoms with van der Waals surface area (Å²) in [6, 6.07) is 1.52. The predicted octanol–water partition coefficient (Wildman–Crippen LogP) is 5.22. The zero-order valence-corrected chi connectivity index (χ0v) is 14.4. The predicted molar refractivity (Wildman–Crippen MR) is 90.5 cm³/mol. The molecule has 0 saturated carbocycles. The van der Waals surface area contributed by atoms with Crippen LogP contribution < -0.4 is 5.73 Å². The number of nitrogen functional groups attached to an aromatic ring is 1. The number of anilines is 1. The van der Waals surface area contributed by atoms with E-state index in [4.69, 9.17) is 68.8 Å². The summed E-state index contributed by atoms with van der Waals surface area (Å²) in [4.78, 5) is 14.8. The highest BCUT2D eigenvalue weighted by Crippen LogP contribution is 2.48. The molecule has 0 aliphatic heterocycles. The van der Waals surface area contributed by atoms with E-state index in [1.165, 1.54) is 12.3 Å². The van der Waals surface area contributed by atoms with Crippen molar-refractivity contribution in [2.75, 3.05) is 5.73 Å². The minimum absolute atomic E-state index is 0.0382. The van der Waals surface area contributed by atoms with E-state index in [-0.39, 0.29) is 37.4 Å². The van der Waals surface area contributed by atoms with E-state index in [0.717, 1.165) is 0 Å². The smallest absolute Gasteiger partial charge is 0.307 e. The molecule has 2 rings (SSSR count). The van der Waals surface area contributed by atoms with Gasteiger partial charge in [-0.2, -0.15) is 0 Å². The van der Waals surface area contributed by atoms with Crippen LogP contribution in [0.3, 0.4) is 0 Å². The molecule has 0 unspecified atom stereocenters. The number of benzene rings is 1. The van der Waals surface area contributed by atoms with Gasteiger partial charge in [0.2, 0.25) is 0 Å². The van der Waals surface area contributed by atoms with Gasteiger partial charge >= 0.3 is 5.97 Å². The lowest BCUT2D eigenvalue weighted by atomic mass is 10.0. The highest BCUT2D eigenvalue weighted by Gasteiger charge is 2.21. The molecule has 0 aliphatic rings. The van der Waals surface area contributed by atoms with Crippen LogP contribution in [0.2, 0.25) is 25.1 Å². The summed E-state index contributed by atoms with van der Waals surface area (Å²) in [5.74, 6) is -0.945. The molecule has 0 radical (unpaired) electrons. The highest BCUT2D eigenvalue weighted by atomic mass is 35.5. The van der Waals surface area contributed by atoms with Crippen molar-refractivity contribution < 1.29 is 9.90 Å². The Morgan fingerprint density at radius 3 is 2.05 bits per heavy atom. The van der Waals surface area contributed by atoms with Crippen molar-refractivity contribution >= 4 is 69.8 Å². The monoisotopic (exact) mass is 398 g/mol. The number of hydrogen-bond acceptors (Lipinski definition) is 3. The molecule has 0 saturated heterocycles. The maximum Gasteiger partial charge on any atom is 0.307 e. The highest BCUT2D eigenvalue weighted by molar-refractivity contribution is 6.56. The molecule has 1 aromatic heterocycles. The average molecular weight is 400 g/mol. The van der Waals surface area contributed by atoms with Crippen LogP contribution >= 0.6 is 58.0 Å². The minimum Gasteiger partial charge on any atom is -0.481 e. The van der Waals surface area contributed by atoms with E-state index in [2.05, 4.69) is 4.98 Å². The Kier molecular flexibility index (Phi) is 5.30. The lowest BCUT2D eigenvalue weighted by molar-refractivity contribution is -0.136. The molecular formula is C13H7Cl5N2O2. The third kappa shape index (κ3) is 3.21. The van der Waals surface area contributed by atoms with Crippen LogP contribution in [-0.2, 0) is 11.2 Å². The zero-order valence-electron chi connectivity index (χ0n) is 10.6. The van der Waals surface area contributed by atoms with Crippen LogP contribution in [-0.4, -0.2) is 16.1 Å². The summed E-state index contributed by atoms with van der Waals surface area (Å²) < 4.78 is 0. The van der Waals surface area contributed by atoms with Crippen LogP contribution in [0.15, 0.2) is 12.3 Å². The number of carboxylic acids is 1. The number of carbonyl (C=O) groups is 1. The molecule has 1 heterocycles. The largest absolute Gasteiger partial charge is 0.481 e. The molecule has 22 heavy (non-hydrogen) atoms. The van der Waals surface area contributed by atoms with Crippen LogP contribution in [0, 0.1) is 0 Å². The molecule has 1 aromatic carbocycles. The second-order valence-corrected chi connectivity index (χ2v) is 6.17. The number of nitrogens with two attached hydrogens (primary N) is 1. The maximum absolute atomic E-state index is 10.9. The molecule has 0 amide bonds. The molecule has 2 aromatic rings. The van der Waals surface area contributed by atoms with Gasteiger partial charge in [0.15, 0.2) is 0 Å². The molecule has 4 nitrogen and oxygen atoms in total. The lowest BCUT2D eigenvalue weighted by Gasteiger charge is -2.13. The fourth-order valence-electron chi connectivity index (χ4n) is 1.82. The standard InChI is InChI=1S/C13H7Cl5N2O2/c14-8-7(9(15)11(17)12(18)10(8)16)5-1-4(2-6(21)22)13(19)20-3-5/h1,3H,2H2,(H2,19,20)(H,21,22). The quantitative estimate of drug-likeness (QED) is 0.547. The van der Waals surface area contributed by atoms with Gasteiger partial charge in [0.1, 0.15) is 5.82 Å². The van der Waals surface area contributed by atoms with Gasteiger partial charge in [-0.3, -0.25) is 4.79 Å². The fourth-order valence-corrected chi connectivity index (χ4v) is 3.18. The Morgan fingerprint density at radius 1 is 1.05 bits per heavy atom.